The van der Waals surface area contributed by atoms with Crippen molar-refractivity contribution in [1.29, 1.82) is 0 Å². The third kappa shape index (κ3) is 5.08. The van der Waals surface area contributed by atoms with Crippen molar-refractivity contribution >= 4 is 59.7 Å². The number of amides is 1. The normalized spacial score (nSPS) is 12.8. The van der Waals surface area contributed by atoms with Gasteiger partial charge in [0.1, 0.15) is 0 Å². The van der Waals surface area contributed by atoms with E-state index in [1.54, 1.807) is 29.9 Å². The second-order valence-electron chi connectivity index (χ2n) is 6.15. The number of carbonyl (C=O) groups excluding carboxylic acids is 1. The third-order valence-electron chi connectivity index (χ3n) is 3.99. The van der Waals surface area contributed by atoms with E-state index in [4.69, 9.17) is 4.74 Å². The first-order valence-corrected chi connectivity index (χ1v) is 12.0. The number of carbonyl (C=O) groups is 1. The molecule has 12 heteroatoms. The molecule has 0 saturated heterocycles. The molecule has 158 valence electrons. The van der Waals surface area contributed by atoms with Gasteiger partial charge in [0, 0.05) is 36.9 Å². The Hall–Kier alpha value is -2.67. The number of benzene rings is 1. The number of thiophene rings is 1. The van der Waals surface area contributed by atoms with Crippen molar-refractivity contribution in [2.24, 2.45) is 4.99 Å². The third-order valence-corrected chi connectivity index (χ3v) is 7.14. The zero-order valence-electron chi connectivity index (χ0n) is 16.0. The first-order valence-electron chi connectivity index (χ1n) is 8.52. The minimum absolute atomic E-state index is 0.0115. The molecule has 0 spiro atoms. The van der Waals surface area contributed by atoms with Crippen molar-refractivity contribution in [3.63, 3.8) is 0 Å². The Morgan fingerprint density at radius 3 is 2.70 bits per heavy atom. The number of ether oxygens (including phenoxy) is 1. The first-order chi connectivity index (χ1) is 14.2. The van der Waals surface area contributed by atoms with Gasteiger partial charge < -0.3 is 9.30 Å². The Labute approximate surface area is 179 Å². The minimum Gasteiger partial charge on any atom is -0.383 e. The van der Waals surface area contributed by atoms with E-state index in [0.29, 0.717) is 27.5 Å². The Morgan fingerprint density at radius 1 is 1.30 bits per heavy atom. The Balaban J connectivity index is 1.99. The molecule has 0 bridgehead atoms. The van der Waals surface area contributed by atoms with Crippen LogP contribution in [0.5, 0.6) is 0 Å². The molecule has 0 aliphatic heterocycles. The van der Waals surface area contributed by atoms with E-state index < -0.39 is 20.7 Å². The van der Waals surface area contributed by atoms with E-state index in [1.165, 1.54) is 35.6 Å². The van der Waals surface area contributed by atoms with Gasteiger partial charge >= 0.3 is 5.00 Å². The molecule has 0 fully saturated rings. The van der Waals surface area contributed by atoms with Gasteiger partial charge in [0.05, 0.1) is 26.6 Å². The SMILES string of the molecule is COCCn1c(=NC(=O)C=Cc2ccc([N+](=O)[O-])s2)sc2cc(S(C)(=O)=O)ccc21. The van der Waals surface area contributed by atoms with Gasteiger partial charge in [0.25, 0.3) is 5.91 Å². The van der Waals surface area contributed by atoms with E-state index in [-0.39, 0.29) is 9.90 Å². The fourth-order valence-corrected chi connectivity index (χ4v) is 5.13. The number of sulfone groups is 1. The molecule has 2 heterocycles. The number of thiazole rings is 1. The van der Waals surface area contributed by atoms with Crippen molar-refractivity contribution in [2.45, 2.75) is 11.4 Å². The van der Waals surface area contributed by atoms with E-state index >= 15 is 0 Å². The van der Waals surface area contributed by atoms with Crippen LogP contribution in [-0.4, -0.2) is 43.8 Å². The highest BCUT2D eigenvalue weighted by atomic mass is 32.2. The van der Waals surface area contributed by atoms with Gasteiger partial charge in [-0.1, -0.05) is 22.7 Å². The maximum Gasteiger partial charge on any atom is 0.324 e. The molecule has 9 nitrogen and oxygen atoms in total. The van der Waals surface area contributed by atoms with Crippen molar-refractivity contribution in [2.75, 3.05) is 20.0 Å². The largest absolute Gasteiger partial charge is 0.383 e. The number of hydrogen-bond donors (Lipinski definition) is 0. The maximum atomic E-state index is 12.3. The summed E-state index contributed by atoms with van der Waals surface area (Å²) in [6.07, 6.45) is 3.84. The lowest BCUT2D eigenvalue weighted by Crippen LogP contribution is -2.18. The molecule has 0 unspecified atom stereocenters. The van der Waals surface area contributed by atoms with Crippen LogP contribution in [0.2, 0.25) is 0 Å². The predicted molar refractivity (Wildman–Crippen MR) is 115 cm³/mol. The van der Waals surface area contributed by atoms with Gasteiger partial charge in [-0.2, -0.15) is 4.99 Å². The summed E-state index contributed by atoms with van der Waals surface area (Å²) in [4.78, 5) is 27.9. The van der Waals surface area contributed by atoms with Crippen LogP contribution in [0, 0.1) is 10.1 Å². The topological polar surface area (TPSA) is 121 Å². The molecule has 1 amide bonds. The Kier molecular flexibility index (Phi) is 6.61. The number of methoxy groups -OCH3 is 1. The van der Waals surface area contributed by atoms with Gasteiger partial charge in [0.15, 0.2) is 14.6 Å². The van der Waals surface area contributed by atoms with Crippen LogP contribution in [0.4, 0.5) is 5.00 Å². The van der Waals surface area contributed by atoms with Gasteiger partial charge in [0.2, 0.25) is 0 Å². The maximum absolute atomic E-state index is 12.3. The summed E-state index contributed by atoms with van der Waals surface area (Å²) in [6.45, 7) is 0.817. The summed E-state index contributed by atoms with van der Waals surface area (Å²) in [7, 11) is -1.81. The summed E-state index contributed by atoms with van der Waals surface area (Å²) in [5.74, 6) is -0.535. The molecule has 3 rings (SSSR count). The van der Waals surface area contributed by atoms with Gasteiger partial charge in [-0.15, -0.1) is 0 Å². The van der Waals surface area contributed by atoms with Gasteiger partial charge in [-0.05, 0) is 30.3 Å². The van der Waals surface area contributed by atoms with Crippen LogP contribution < -0.4 is 4.80 Å². The molecule has 0 saturated carbocycles. The number of aromatic nitrogens is 1. The molecule has 0 atom stereocenters. The quantitative estimate of drug-likeness (QED) is 0.299. The van der Waals surface area contributed by atoms with E-state index in [2.05, 4.69) is 4.99 Å². The van der Waals surface area contributed by atoms with Crippen LogP contribution in [0.1, 0.15) is 4.88 Å². The molecule has 1 aromatic carbocycles. The van der Waals surface area contributed by atoms with Crippen LogP contribution in [0.25, 0.3) is 16.3 Å². The standard InChI is InChI=1S/C18H17N3O6S3/c1-27-10-9-20-14-6-5-13(30(2,25)26)11-15(14)29-18(20)19-16(22)7-3-12-4-8-17(28-12)21(23)24/h3-8,11H,9-10H2,1-2H3. The predicted octanol–water partition coefficient (Wildman–Crippen LogP) is 2.86. The average Bonchev–Trinajstić information content (AvgIpc) is 3.28. The molecular weight excluding hydrogens is 450 g/mol. The summed E-state index contributed by atoms with van der Waals surface area (Å²) >= 11 is 2.15. The Bertz CT molecular complexity index is 1310. The van der Waals surface area contributed by atoms with E-state index in [9.17, 15) is 23.3 Å². The lowest BCUT2D eigenvalue weighted by atomic mass is 10.3. The van der Waals surface area contributed by atoms with Gasteiger partial charge in [-0.25, -0.2) is 8.42 Å². The number of nitro groups is 1. The van der Waals surface area contributed by atoms with Gasteiger partial charge in [-0.3, -0.25) is 14.9 Å². The van der Waals surface area contributed by atoms with E-state index in [1.807, 2.05) is 0 Å². The molecule has 2 aromatic heterocycles. The highest BCUT2D eigenvalue weighted by Gasteiger charge is 2.13. The van der Waals surface area contributed by atoms with Crippen LogP contribution >= 0.6 is 22.7 Å². The molecule has 0 radical (unpaired) electrons. The van der Waals surface area contributed by atoms with Crippen molar-refractivity contribution in [3.05, 3.63) is 56.2 Å². The number of nitrogens with zero attached hydrogens (tertiary/aromatic N) is 3. The highest BCUT2D eigenvalue weighted by molar-refractivity contribution is 7.90. The monoisotopic (exact) mass is 467 g/mol. The Morgan fingerprint density at radius 2 is 2.07 bits per heavy atom. The summed E-state index contributed by atoms with van der Waals surface area (Å²) < 4.78 is 31.3. The second kappa shape index (κ2) is 9.00. The van der Waals surface area contributed by atoms with Crippen LogP contribution in [-0.2, 0) is 25.9 Å². The van der Waals surface area contributed by atoms with Crippen LogP contribution in [0.3, 0.4) is 0 Å². The first kappa shape index (κ1) is 22.0. The molecule has 3 aromatic rings. The van der Waals surface area contributed by atoms with Crippen LogP contribution in [0.15, 0.2) is 46.3 Å². The smallest absolute Gasteiger partial charge is 0.324 e. The fraction of sp³-hybridized carbons (Fsp3) is 0.222. The number of hydrogen-bond acceptors (Lipinski definition) is 8. The minimum atomic E-state index is -3.36. The van der Waals surface area contributed by atoms with Crippen molar-refractivity contribution in [3.8, 4) is 0 Å². The zero-order valence-corrected chi connectivity index (χ0v) is 18.4. The highest BCUT2D eigenvalue weighted by Crippen LogP contribution is 2.25. The van der Waals surface area contributed by atoms with E-state index in [0.717, 1.165) is 23.1 Å². The summed E-state index contributed by atoms with van der Waals surface area (Å²) in [5.41, 5.74) is 0.744. The number of fused-ring (bicyclic) bond motifs is 1. The lowest BCUT2D eigenvalue weighted by Gasteiger charge is -2.04. The molecule has 30 heavy (non-hydrogen) atoms. The molecular formula is C18H17N3O6S3. The lowest BCUT2D eigenvalue weighted by molar-refractivity contribution is -0.380. The fourth-order valence-electron chi connectivity index (χ4n) is 2.58. The molecule has 0 aliphatic carbocycles. The molecule has 0 N–H and O–H groups in total. The average molecular weight is 468 g/mol. The zero-order chi connectivity index (χ0) is 21.9. The second-order valence-corrected chi connectivity index (χ2v) is 10.3. The van der Waals surface area contributed by atoms with Crippen molar-refractivity contribution in [1.82, 2.24) is 4.57 Å². The molecule has 0 aliphatic rings. The summed E-state index contributed by atoms with van der Waals surface area (Å²) in [5, 5.41) is 10.7. The van der Waals surface area contributed by atoms with Crippen molar-refractivity contribution < 1.29 is 22.9 Å². The number of rotatable bonds is 7. The summed E-state index contributed by atoms with van der Waals surface area (Å²) in [6, 6.07) is 7.68.